The maximum Gasteiger partial charge on any atom is 0.0482 e. The minimum absolute atomic E-state index is 0.148. The van der Waals surface area contributed by atoms with Crippen molar-refractivity contribution in [3.63, 3.8) is 0 Å². The number of benzene rings is 1. The fourth-order valence-corrected chi connectivity index (χ4v) is 2.46. The highest BCUT2D eigenvalue weighted by molar-refractivity contribution is 5.53. The molecule has 0 fully saturated rings. The van der Waals surface area contributed by atoms with Crippen LogP contribution in [0.5, 0.6) is 0 Å². The topological polar surface area (TPSA) is 38.0 Å². The lowest BCUT2D eigenvalue weighted by Gasteiger charge is -2.24. The lowest BCUT2D eigenvalue weighted by atomic mass is 9.85. The second kappa shape index (κ2) is 10.0. The van der Waals surface area contributed by atoms with Gasteiger partial charge in [0.15, 0.2) is 0 Å². The van der Waals surface area contributed by atoms with E-state index >= 15 is 0 Å². The molecule has 0 saturated heterocycles. The van der Waals surface area contributed by atoms with Crippen molar-refractivity contribution in [2.24, 2.45) is 11.1 Å². The van der Waals surface area contributed by atoms with Gasteiger partial charge in [-0.05, 0) is 44.4 Å². The van der Waals surface area contributed by atoms with Gasteiger partial charge in [-0.1, -0.05) is 68.5 Å². The fraction of sp³-hybridized carbons (Fsp3) is 0.391. The summed E-state index contributed by atoms with van der Waals surface area (Å²) in [6.07, 6.45) is 14.0. The molecule has 0 amide bonds. The Morgan fingerprint density at radius 2 is 1.88 bits per heavy atom. The van der Waals surface area contributed by atoms with Gasteiger partial charge in [-0.3, -0.25) is 0 Å². The first-order valence-corrected chi connectivity index (χ1v) is 9.10. The second-order valence-electron chi connectivity index (χ2n) is 7.00. The number of para-hydroxylation sites is 1. The Bertz CT molecular complexity index is 637. The number of hydrogen-bond donors (Lipinski definition) is 2. The van der Waals surface area contributed by atoms with Crippen LogP contribution in [-0.4, -0.2) is 12.1 Å². The van der Waals surface area contributed by atoms with Gasteiger partial charge in [-0.15, -0.1) is 6.58 Å². The van der Waals surface area contributed by atoms with Gasteiger partial charge in [0.05, 0.1) is 0 Å². The minimum atomic E-state index is 0.148. The Labute approximate surface area is 154 Å². The number of aryl methyl sites for hydroxylation is 1. The van der Waals surface area contributed by atoms with Crippen LogP contribution in [0.1, 0.15) is 39.7 Å². The standard InChI is InChI=1S/C19H25N.C4H9N/c1-5-19(4)13-9-8-11-17(14-19)16(3)20-18-12-7-6-10-15(18)2;1-3-4(2)5/h6-14,16,20H,5H2,1-4H3;3-4H,1,5H2,2H3. The molecule has 3 unspecified atom stereocenters. The second-order valence-corrected chi connectivity index (χ2v) is 7.00. The summed E-state index contributed by atoms with van der Waals surface area (Å²) in [6.45, 7) is 14.2. The predicted octanol–water partition coefficient (Wildman–Crippen LogP) is 5.78. The van der Waals surface area contributed by atoms with Crippen LogP contribution >= 0.6 is 0 Å². The lowest BCUT2D eigenvalue weighted by Crippen LogP contribution is -2.20. The number of allylic oxidation sites excluding steroid dienone is 4. The molecule has 0 aliphatic heterocycles. The summed E-state index contributed by atoms with van der Waals surface area (Å²) < 4.78 is 0. The van der Waals surface area contributed by atoms with Crippen molar-refractivity contribution >= 4 is 5.69 Å². The van der Waals surface area contributed by atoms with Gasteiger partial charge >= 0.3 is 0 Å². The zero-order chi connectivity index (χ0) is 18.9. The zero-order valence-electron chi connectivity index (χ0n) is 16.4. The summed E-state index contributed by atoms with van der Waals surface area (Å²) in [7, 11) is 0. The van der Waals surface area contributed by atoms with Gasteiger partial charge in [0.2, 0.25) is 0 Å². The first kappa shape index (κ1) is 21.0. The van der Waals surface area contributed by atoms with Crippen molar-refractivity contribution in [3.05, 3.63) is 78.4 Å². The van der Waals surface area contributed by atoms with Crippen LogP contribution in [0.25, 0.3) is 0 Å². The summed E-state index contributed by atoms with van der Waals surface area (Å²) in [5, 5.41) is 3.62. The van der Waals surface area contributed by atoms with E-state index in [0.717, 1.165) is 6.42 Å². The molecule has 1 aromatic rings. The predicted molar refractivity (Wildman–Crippen MR) is 113 cm³/mol. The van der Waals surface area contributed by atoms with E-state index in [-0.39, 0.29) is 11.5 Å². The average Bonchev–Trinajstić information content (AvgIpc) is 2.80. The molecular weight excluding hydrogens is 304 g/mol. The molecule has 2 rings (SSSR count). The van der Waals surface area contributed by atoms with Crippen molar-refractivity contribution in [1.29, 1.82) is 0 Å². The maximum atomic E-state index is 5.17. The third kappa shape index (κ3) is 7.15. The average molecular weight is 339 g/mol. The summed E-state index contributed by atoms with van der Waals surface area (Å²) in [5.41, 5.74) is 9.18. The fourth-order valence-electron chi connectivity index (χ4n) is 2.46. The summed E-state index contributed by atoms with van der Waals surface area (Å²) in [6, 6.07) is 8.90. The summed E-state index contributed by atoms with van der Waals surface area (Å²) in [4.78, 5) is 0. The Kier molecular flexibility index (Phi) is 8.44. The third-order valence-electron chi connectivity index (χ3n) is 4.52. The molecule has 0 bridgehead atoms. The molecule has 136 valence electrons. The molecule has 0 radical (unpaired) electrons. The quantitative estimate of drug-likeness (QED) is 0.667. The van der Waals surface area contributed by atoms with E-state index in [1.165, 1.54) is 16.8 Å². The molecule has 3 atom stereocenters. The van der Waals surface area contributed by atoms with Gasteiger partial charge < -0.3 is 11.1 Å². The van der Waals surface area contributed by atoms with Crippen molar-refractivity contribution in [2.75, 3.05) is 5.32 Å². The summed E-state index contributed by atoms with van der Waals surface area (Å²) in [5.74, 6) is 0. The SMILES string of the molecule is C=CC(C)N.CCC1(C)C=CC=CC(C(C)Nc2ccccc2C)=C1. The van der Waals surface area contributed by atoms with E-state index < -0.39 is 0 Å². The number of nitrogens with one attached hydrogen (secondary N) is 1. The van der Waals surface area contributed by atoms with E-state index in [1.54, 1.807) is 6.08 Å². The molecule has 2 heteroatoms. The normalized spacial score (nSPS) is 21.3. The van der Waals surface area contributed by atoms with Crippen LogP contribution in [0, 0.1) is 12.3 Å². The Morgan fingerprint density at radius 3 is 2.44 bits per heavy atom. The highest BCUT2D eigenvalue weighted by atomic mass is 14.9. The van der Waals surface area contributed by atoms with Gasteiger partial charge in [-0.25, -0.2) is 0 Å². The Morgan fingerprint density at radius 1 is 1.24 bits per heavy atom. The van der Waals surface area contributed by atoms with Gasteiger partial charge in [0, 0.05) is 23.2 Å². The van der Waals surface area contributed by atoms with Crippen LogP contribution in [0.15, 0.2) is 72.9 Å². The third-order valence-corrected chi connectivity index (χ3v) is 4.52. The molecule has 0 heterocycles. The van der Waals surface area contributed by atoms with Crippen molar-refractivity contribution in [2.45, 2.75) is 53.1 Å². The largest absolute Gasteiger partial charge is 0.378 e. The highest BCUT2D eigenvalue weighted by Gasteiger charge is 2.19. The number of rotatable bonds is 5. The molecular formula is C23H34N2. The molecule has 1 aromatic carbocycles. The first-order valence-electron chi connectivity index (χ1n) is 9.10. The van der Waals surface area contributed by atoms with E-state index in [2.05, 4.69) is 94.2 Å². The molecule has 1 aliphatic rings. The molecule has 2 nitrogen and oxygen atoms in total. The van der Waals surface area contributed by atoms with E-state index in [0.29, 0.717) is 6.04 Å². The molecule has 3 N–H and O–H groups in total. The number of anilines is 1. The van der Waals surface area contributed by atoms with Gasteiger partial charge in [-0.2, -0.15) is 0 Å². The van der Waals surface area contributed by atoms with E-state index in [1.807, 2.05) is 6.92 Å². The van der Waals surface area contributed by atoms with Gasteiger partial charge in [0.1, 0.15) is 0 Å². The zero-order valence-corrected chi connectivity index (χ0v) is 16.4. The van der Waals surface area contributed by atoms with Crippen LogP contribution < -0.4 is 11.1 Å². The molecule has 0 spiro atoms. The van der Waals surface area contributed by atoms with Crippen molar-refractivity contribution in [3.8, 4) is 0 Å². The lowest BCUT2D eigenvalue weighted by molar-refractivity contribution is 0.526. The van der Waals surface area contributed by atoms with E-state index in [9.17, 15) is 0 Å². The molecule has 0 saturated carbocycles. The van der Waals surface area contributed by atoms with Crippen molar-refractivity contribution in [1.82, 2.24) is 0 Å². The Hall–Kier alpha value is -2.06. The van der Waals surface area contributed by atoms with Crippen LogP contribution in [0.3, 0.4) is 0 Å². The molecule has 1 aliphatic carbocycles. The van der Waals surface area contributed by atoms with Crippen molar-refractivity contribution < 1.29 is 0 Å². The summed E-state index contributed by atoms with van der Waals surface area (Å²) >= 11 is 0. The minimum Gasteiger partial charge on any atom is -0.378 e. The van der Waals surface area contributed by atoms with Crippen LogP contribution in [0.2, 0.25) is 0 Å². The Balaban J connectivity index is 0.000000550. The smallest absolute Gasteiger partial charge is 0.0482 e. The van der Waals surface area contributed by atoms with Crippen LogP contribution in [-0.2, 0) is 0 Å². The molecule has 25 heavy (non-hydrogen) atoms. The highest BCUT2D eigenvalue weighted by Crippen LogP contribution is 2.30. The number of nitrogens with two attached hydrogens (primary N) is 1. The number of hydrogen-bond acceptors (Lipinski definition) is 2. The van der Waals surface area contributed by atoms with Gasteiger partial charge in [0.25, 0.3) is 0 Å². The monoisotopic (exact) mass is 338 g/mol. The first-order chi connectivity index (χ1) is 11.8. The maximum absolute atomic E-state index is 5.17. The van der Waals surface area contributed by atoms with E-state index in [4.69, 9.17) is 5.73 Å². The van der Waals surface area contributed by atoms with Crippen LogP contribution in [0.4, 0.5) is 5.69 Å². The molecule has 0 aromatic heterocycles.